The molecule has 0 fully saturated rings. The van der Waals surface area contributed by atoms with Crippen LogP contribution in [0.5, 0.6) is 0 Å². The minimum atomic E-state index is -0.168. The van der Waals surface area contributed by atoms with Crippen molar-refractivity contribution < 1.29 is 9.53 Å². The molecule has 0 saturated carbocycles. The maximum absolute atomic E-state index is 11.4. The Morgan fingerprint density at radius 2 is 2.12 bits per heavy atom. The SMILES string of the molecule is COC(=O)C(C)C(C)N[C@H](C)c1cccs1. The zero-order chi connectivity index (χ0) is 12.1. The standard InChI is InChI=1S/C12H19NO2S/c1-8(12(14)15-4)9(2)13-10(3)11-6-5-7-16-11/h5-10,13H,1-4H3/t8?,9?,10-/m1/s1. The molecule has 0 aromatic carbocycles. The van der Waals surface area contributed by atoms with Crippen molar-refractivity contribution in [3.8, 4) is 0 Å². The Hall–Kier alpha value is -0.870. The van der Waals surface area contributed by atoms with Crippen LogP contribution in [-0.4, -0.2) is 19.1 Å². The van der Waals surface area contributed by atoms with Crippen LogP contribution in [-0.2, 0) is 9.53 Å². The number of hydrogen-bond donors (Lipinski definition) is 1. The topological polar surface area (TPSA) is 38.3 Å². The summed E-state index contributed by atoms with van der Waals surface area (Å²) in [5.74, 6) is -0.300. The molecule has 16 heavy (non-hydrogen) atoms. The highest BCUT2D eigenvalue weighted by atomic mass is 32.1. The number of carbonyl (C=O) groups excluding carboxylic acids is 1. The molecule has 0 radical (unpaired) electrons. The maximum atomic E-state index is 11.4. The van der Waals surface area contributed by atoms with Gasteiger partial charge in [-0.2, -0.15) is 0 Å². The fourth-order valence-electron chi connectivity index (χ4n) is 1.55. The molecule has 0 aliphatic carbocycles. The molecular weight excluding hydrogens is 222 g/mol. The summed E-state index contributed by atoms with van der Waals surface area (Å²) in [7, 11) is 1.42. The van der Waals surface area contributed by atoms with E-state index < -0.39 is 0 Å². The highest BCUT2D eigenvalue weighted by Gasteiger charge is 2.22. The molecule has 0 amide bonds. The first-order valence-corrected chi connectivity index (χ1v) is 6.31. The second-order valence-corrected chi connectivity index (χ2v) is 4.98. The highest BCUT2D eigenvalue weighted by Crippen LogP contribution is 2.20. The van der Waals surface area contributed by atoms with Gasteiger partial charge < -0.3 is 10.1 Å². The predicted octanol–water partition coefficient (Wildman–Crippen LogP) is 2.60. The first-order valence-electron chi connectivity index (χ1n) is 5.43. The lowest BCUT2D eigenvalue weighted by atomic mass is 10.0. The van der Waals surface area contributed by atoms with Crippen molar-refractivity contribution in [1.82, 2.24) is 5.32 Å². The van der Waals surface area contributed by atoms with Crippen molar-refractivity contribution in [2.24, 2.45) is 5.92 Å². The number of thiophene rings is 1. The van der Waals surface area contributed by atoms with Gasteiger partial charge in [0, 0.05) is 17.0 Å². The molecule has 1 rings (SSSR count). The van der Waals surface area contributed by atoms with E-state index in [4.69, 9.17) is 4.74 Å². The van der Waals surface area contributed by atoms with E-state index in [0.717, 1.165) is 0 Å². The Morgan fingerprint density at radius 1 is 1.44 bits per heavy atom. The number of nitrogens with one attached hydrogen (secondary N) is 1. The van der Waals surface area contributed by atoms with Gasteiger partial charge in [-0.15, -0.1) is 11.3 Å². The number of esters is 1. The summed E-state index contributed by atoms with van der Waals surface area (Å²) in [6, 6.07) is 4.50. The fourth-order valence-corrected chi connectivity index (χ4v) is 2.29. The van der Waals surface area contributed by atoms with E-state index >= 15 is 0 Å². The molecule has 0 spiro atoms. The van der Waals surface area contributed by atoms with Crippen LogP contribution >= 0.6 is 11.3 Å². The van der Waals surface area contributed by atoms with Crippen molar-refractivity contribution in [3.63, 3.8) is 0 Å². The average molecular weight is 241 g/mol. The quantitative estimate of drug-likeness (QED) is 0.805. The van der Waals surface area contributed by atoms with Crippen LogP contribution in [0.25, 0.3) is 0 Å². The molecule has 1 aromatic heterocycles. The smallest absolute Gasteiger partial charge is 0.309 e. The van der Waals surface area contributed by atoms with Crippen molar-refractivity contribution in [1.29, 1.82) is 0 Å². The molecule has 3 nitrogen and oxygen atoms in total. The first kappa shape index (κ1) is 13.2. The zero-order valence-electron chi connectivity index (χ0n) is 10.2. The molecule has 1 aromatic rings. The van der Waals surface area contributed by atoms with E-state index in [1.807, 2.05) is 19.9 Å². The van der Waals surface area contributed by atoms with Gasteiger partial charge in [-0.25, -0.2) is 0 Å². The summed E-state index contributed by atoms with van der Waals surface area (Å²) in [5, 5.41) is 5.46. The van der Waals surface area contributed by atoms with Crippen LogP contribution in [0.15, 0.2) is 17.5 Å². The normalized spacial score (nSPS) is 16.5. The lowest BCUT2D eigenvalue weighted by Crippen LogP contribution is -2.38. The Balaban J connectivity index is 2.51. The predicted molar refractivity (Wildman–Crippen MR) is 66.5 cm³/mol. The van der Waals surface area contributed by atoms with Crippen molar-refractivity contribution in [2.75, 3.05) is 7.11 Å². The monoisotopic (exact) mass is 241 g/mol. The van der Waals surface area contributed by atoms with E-state index in [0.29, 0.717) is 0 Å². The van der Waals surface area contributed by atoms with Crippen molar-refractivity contribution in [3.05, 3.63) is 22.4 Å². The van der Waals surface area contributed by atoms with Crippen LogP contribution in [0.3, 0.4) is 0 Å². The first-order chi connectivity index (χ1) is 7.56. The van der Waals surface area contributed by atoms with Gasteiger partial charge in [-0.1, -0.05) is 13.0 Å². The van der Waals surface area contributed by atoms with E-state index in [9.17, 15) is 4.79 Å². The van der Waals surface area contributed by atoms with Gasteiger partial charge in [0.05, 0.1) is 13.0 Å². The maximum Gasteiger partial charge on any atom is 0.309 e. The number of carbonyl (C=O) groups is 1. The summed E-state index contributed by atoms with van der Waals surface area (Å²) < 4.78 is 4.73. The van der Waals surface area contributed by atoms with Gasteiger partial charge in [-0.05, 0) is 25.3 Å². The van der Waals surface area contributed by atoms with Crippen LogP contribution in [0.1, 0.15) is 31.7 Å². The molecule has 0 aliphatic rings. The number of hydrogen-bond acceptors (Lipinski definition) is 4. The third-order valence-corrected chi connectivity index (χ3v) is 3.86. The summed E-state index contributed by atoms with van der Waals surface area (Å²) in [6.07, 6.45) is 0. The van der Waals surface area contributed by atoms with E-state index in [1.54, 1.807) is 11.3 Å². The van der Waals surface area contributed by atoms with Crippen LogP contribution < -0.4 is 5.32 Å². The molecule has 0 aliphatic heterocycles. The summed E-state index contributed by atoms with van der Waals surface area (Å²) in [6.45, 7) is 5.99. The van der Waals surface area contributed by atoms with E-state index in [2.05, 4.69) is 23.7 Å². The second kappa shape index (κ2) is 6.01. The minimum absolute atomic E-state index is 0.101. The third-order valence-electron chi connectivity index (χ3n) is 2.81. The summed E-state index contributed by atoms with van der Waals surface area (Å²) in [4.78, 5) is 12.6. The van der Waals surface area contributed by atoms with Gasteiger partial charge in [0.2, 0.25) is 0 Å². The molecule has 0 bridgehead atoms. The minimum Gasteiger partial charge on any atom is -0.469 e. The van der Waals surface area contributed by atoms with Crippen LogP contribution in [0.2, 0.25) is 0 Å². The average Bonchev–Trinajstić information content (AvgIpc) is 2.80. The van der Waals surface area contributed by atoms with E-state index in [1.165, 1.54) is 12.0 Å². The zero-order valence-corrected chi connectivity index (χ0v) is 11.0. The molecule has 90 valence electrons. The number of methoxy groups -OCH3 is 1. The summed E-state index contributed by atoms with van der Waals surface area (Å²) in [5.41, 5.74) is 0. The lowest BCUT2D eigenvalue weighted by molar-refractivity contribution is -0.145. The van der Waals surface area contributed by atoms with Gasteiger partial charge in [0.15, 0.2) is 0 Å². The molecule has 0 saturated heterocycles. The van der Waals surface area contributed by atoms with Crippen LogP contribution in [0.4, 0.5) is 0 Å². The molecular formula is C12H19NO2S. The fraction of sp³-hybridized carbons (Fsp3) is 0.583. The Morgan fingerprint density at radius 3 is 2.62 bits per heavy atom. The molecule has 1 heterocycles. The van der Waals surface area contributed by atoms with Gasteiger partial charge in [0.25, 0.3) is 0 Å². The van der Waals surface area contributed by atoms with Crippen molar-refractivity contribution in [2.45, 2.75) is 32.9 Å². The Kier molecular flexibility index (Phi) is 4.96. The Labute approximate surface area is 101 Å². The largest absolute Gasteiger partial charge is 0.469 e. The molecule has 4 heteroatoms. The summed E-state index contributed by atoms with van der Waals surface area (Å²) >= 11 is 1.72. The van der Waals surface area contributed by atoms with Gasteiger partial charge in [-0.3, -0.25) is 4.79 Å². The lowest BCUT2D eigenvalue weighted by Gasteiger charge is -2.23. The third kappa shape index (κ3) is 3.32. The number of ether oxygens (including phenoxy) is 1. The highest BCUT2D eigenvalue weighted by molar-refractivity contribution is 7.10. The van der Waals surface area contributed by atoms with E-state index in [-0.39, 0.29) is 24.0 Å². The molecule has 2 unspecified atom stereocenters. The second-order valence-electron chi connectivity index (χ2n) is 4.00. The molecule has 3 atom stereocenters. The van der Waals surface area contributed by atoms with Gasteiger partial charge in [0.1, 0.15) is 0 Å². The Bertz CT molecular complexity index is 324. The van der Waals surface area contributed by atoms with Gasteiger partial charge >= 0.3 is 5.97 Å². The van der Waals surface area contributed by atoms with Crippen LogP contribution in [0, 0.1) is 5.92 Å². The molecule has 1 N–H and O–H groups in total. The number of rotatable bonds is 5. The van der Waals surface area contributed by atoms with Crippen molar-refractivity contribution >= 4 is 17.3 Å².